The van der Waals surface area contributed by atoms with Crippen molar-refractivity contribution in [1.82, 2.24) is 0 Å². The van der Waals surface area contributed by atoms with Crippen molar-refractivity contribution in [3.63, 3.8) is 0 Å². The average molecular weight is 419 g/mol. The minimum absolute atomic E-state index is 0.195. The Balaban J connectivity index is 1.68. The zero-order valence-electron chi connectivity index (χ0n) is 14.9. The molecule has 3 aromatic carbocycles. The molecular formula is C22H20Cl2O4. The molecule has 0 bridgehead atoms. The highest BCUT2D eigenvalue weighted by Crippen LogP contribution is 2.35. The highest BCUT2D eigenvalue weighted by molar-refractivity contribution is 6.35. The van der Waals surface area contributed by atoms with Gasteiger partial charge in [0.1, 0.15) is 12.2 Å². The summed E-state index contributed by atoms with van der Waals surface area (Å²) in [5.74, 6) is 0. The monoisotopic (exact) mass is 418 g/mol. The summed E-state index contributed by atoms with van der Waals surface area (Å²) in [6, 6.07) is 17.2. The maximum atomic E-state index is 10.3. The van der Waals surface area contributed by atoms with Crippen molar-refractivity contribution >= 4 is 34.0 Å². The number of hydrogen-bond donors (Lipinski definition) is 3. The van der Waals surface area contributed by atoms with Crippen LogP contribution in [0.1, 0.15) is 18.1 Å². The van der Waals surface area contributed by atoms with E-state index in [-0.39, 0.29) is 13.0 Å². The van der Waals surface area contributed by atoms with Crippen LogP contribution in [0.2, 0.25) is 10.0 Å². The molecule has 0 amide bonds. The quantitative estimate of drug-likeness (QED) is 0.590. The van der Waals surface area contributed by atoms with E-state index in [2.05, 4.69) is 0 Å². The Morgan fingerprint density at radius 2 is 1.54 bits per heavy atom. The van der Waals surface area contributed by atoms with Gasteiger partial charge < -0.3 is 20.1 Å². The topological polar surface area (TPSA) is 69.9 Å². The Labute approximate surface area is 172 Å². The molecule has 1 aliphatic rings. The Morgan fingerprint density at radius 1 is 0.857 bits per heavy atom. The molecule has 1 aliphatic heterocycles. The average Bonchev–Trinajstić information content (AvgIpc) is 2.68. The van der Waals surface area contributed by atoms with Crippen molar-refractivity contribution in [2.24, 2.45) is 0 Å². The number of benzene rings is 3. The van der Waals surface area contributed by atoms with Gasteiger partial charge in [-0.3, -0.25) is 0 Å². The molecule has 28 heavy (non-hydrogen) atoms. The van der Waals surface area contributed by atoms with Crippen molar-refractivity contribution in [2.75, 3.05) is 6.61 Å². The standard InChI is InChI=1S/C22H20Cl2O4/c23-17-7-16(8-18(24)9-17)14-2-1-13-6-15(4-3-12(13)5-14)22-21(27)20(26)10-19(11-25)28-22/h1-9,19-22,25-27H,10-11H2/t19?,20?,21?,22-/m1/s1. The summed E-state index contributed by atoms with van der Waals surface area (Å²) >= 11 is 12.2. The van der Waals surface area contributed by atoms with Crippen LogP contribution < -0.4 is 0 Å². The second kappa shape index (κ2) is 7.99. The fourth-order valence-electron chi connectivity index (χ4n) is 3.69. The molecule has 0 aromatic heterocycles. The van der Waals surface area contributed by atoms with Crippen LogP contribution in [0, 0.1) is 0 Å². The molecule has 0 radical (unpaired) electrons. The first kappa shape index (κ1) is 19.6. The number of ether oxygens (including phenoxy) is 1. The number of rotatable bonds is 3. The number of fused-ring (bicyclic) bond motifs is 1. The van der Waals surface area contributed by atoms with Crippen LogP contribution in [-0.4, -0.2) is 40.2 Å². The molecule has 1 saturated heterocycles. The zero-order chi connectivity index (χ0) is 19.8. The van der Waals surface area contributed by atoms with Gasteiger partial charge >= 0.3 is 0 Å². The fraction of sp³-hybridized carbons (Fsp3) is 0.273. The van der Waals surface area contributed by atoms with Crippen molar-refractivity contribution in [3.05, 3.63) is 70.2 Å². The summed E-state index contributed by atoms with van der Waals surface area (Å²) in [5, 5.41) is 32.9. The molecule has 1 fully saturated rings. The van der Waals surface area contributed by atoms with E-state index in [0.29, 0.717) is 10.0 Å². The first-order chi connectivity index (χ1) is 13.4. The summed E-state index contributed by atoms with van der Waals surface area (Å²) in [4.78, 5) is 0. The highest BCUT2D eigenvalue weighted by Gasteiger charge is 2.37. The summed E-state index contributed by atoms with van der Waals surface area (Å²) in [7, 11) is 0. The second-order valence-electron chi connectivity index (χ2n) is 7.13. The summed E-state index contributed by atoms with van der Waals surface area (Å²) in [5.41, 5.74) is 2.69. The Bertz CT molecular complexity index is 987. The maximum Gasteiger partial charge on any atom is 0.111 e. The summed E-state index contributed by atoms with van der Waals surface area (Å²) < 4.78 is 5.78. The Hall–Kier alpha value is -1.66. The minimum Gasteiger partial charge on any atom is -0.394 e. The molecule has 0 aliphatic carbocycles. The first-order valence-corrected chi connectivity index (χ1v) is 9.83. The highest BCUT2D eigenvalue weighted by atomic mass is 35.5. The Kier molecular flexibility index (Phi) is 5.61. The van der Waals surface area contributed by atoms with Gasteiger partial charge in [-0.15, -0.1) is 0 Å². The van der Waals surface area contributed by atoms with E-state index in [1.807, 2.05) is 48.5 Å². The van der Waals surface area contributed by atoms with Gasteiger partial charge in [-0.05, 0) is 57.8 Å². The van der Waals surface area contributed by atoms with Gasteiger partial charge in [-0.1, -0.05) is 47.5 Å². The normalized spacial score (nSPS) is 25.2. The van der Waals surface area contributed by atoms with E-state index in [1.54, 1.807) is 6.07 Å². The number of aliphatic hydroxyl groups is 3. The van der Waals surface area contributed by atoms with Gasteiger partial charge in [0.25, 0.3) is 0 Å². The number of aliphatic hydroxyl groups excluding tert-OH is 3. The molecule has 4 atom stereocenters. The predicted molar refractivity (Wildman–Crippen MR) is 111 cm³/mol. The molecule has 3 N–H and O–H groups in total. The van der Waals surface area contributed by atoms with Crippen LogP contribution in [-0.2, 0) is 4.74 Å². The lowest BCUT2D eigenvalue weighted by Crippen LogP contribution is -2.44. The van der Waals surface area contributed by atoms with Gasteiger partial charge in [-0.25, -0.2) is 0 Å². The van der Waals surface area contributed by atoms with Gasteiger partial charge in [0.05, 0.1) is 18.8 Å². The van der Waals surface area contributed by atoms with Gasteiger partial charge in [0.2, 0.25) is 0 Å². The third-order valence-electron chi connectivity index (χ3n) is 5.14. The SMILES string of the molecule is OCC1CC(O)C(O)[C@@H](c2ccc3cc(-c4cc(Cl)cc(Cl)c4)ccc3c2)O1. The van der Waals surface area contributed by atoms with Crippen LogP contribution in [0.4, 0.5) is 0 Å². The number of halogens is 2. The van der Waals surface area contributed by atoms with Crippen molar-refractivity contribution in [1.29, 1.82) is 0 Å². The van der Waals surface area contributed by atoms with E-state index in [4.69, 9.17) is 27.9 Å². The van der Waals surface area contributed by atoms with Gasteiger partial charge in [-0.2, -0.15) is 0 Å². The molecule has 4 nitrogen and oxygen atoms in total. The van der Waals surface area contributed by atoms with E-state index >= 15 is 0 Å². The predicted octanol–water partition coefficient (Wildman–Crippen LogP) is 4.36. The van der Waals surface area contributed by atoms with Crippen molar-refractivity contribution in [3.8, 4) is 11.1 Å². The lowest BCUT2D eigenvalue weighted by molar-refractivity contribution is -0.179. The van der Waals surface area contributed by atoms with Crippen LogP contribution in [0.15, 0.2) is 54.6 Å². The molecule has 4 rings (SSSR count). The van der Waals surface area contributed by atoms with Crippen LogP contribution in [0.3, 0.4) is 0 Å². The summed E-state index contributed by atoms with van der Waals surface area (Å²) in [6.45, 7) is -0.195. The fourth-order valence-corrected chi connectivity index (χ4v) is 4.21. The molecule has 3 unspecified atom stereocenters. The molecular weight excluding hydrogens is 399 g/mol. The van der Waals surface area contributed by atoms with E-state index < -0.39 is 24.4 Å². The molecule has 3 aromatic rings. The second-order valence-corrected chi connectivity index (χ2v) is 8.01. The third-order valence-corrected chi connectivity index (χ3v) is 5.58. The number of hydrogen-bond acceptors (Lipinski definition) is 4. The zero-order valence-corrected chi connectivity index (χ0v) is 16.4. The van der Waals surface area contributed by atoms with Crippen LogP contribution in [0.25, 0.3) is 21.9 Å². The lowest BCUT2D eigenvalue weighted by Gasteiger charge is -2.36. The molecule has 6 heteroatoms. The van der Waals surface area contributed by atoms with Crippen LogP contribution >= 0.6 is 23.2 Å². The Morgan fingerprint density at radius 3 is 2.25 bits per heavy atom. The smallest absolute Gasteiger partial charge is 0.111 e. The van der Waals surface area contributed by atoms with E-state index in [9.17, 15) is 15.3 Å². The summed E-state index contributed by atoms with van der Waals surface area (Å²) in [6.07, 6.45) is -2.92. The largest absolute Gasteiger partial charge is 0.394 e. The van der Waals surface area contributed by atoms with Crippen molar-refractivity contribution in [2.45, 2.75) is 30.8 Å². The third kappa shape index (κ3) is 3.90. The van der Waals surface area contributed by atoms with Crippen LogP contribution in [0.5, 0.6) is 0 Å². The van der Waals surface area contributed by atoms with E-state index in [1.165, 1.54) is 0 Å². The van der Waals surface area contributed by atoms with Gasteiger partial charge in [0.15, 0.2) is 0 Å². The van der Waals surface area contributed by atoms with Crippen molar-refractivity contribution < 1.29 is 20.1 Å². The molecule has 1 heterocycles. The minimum atomic E-state index is -1.03. The molecule has 0 spiro atoms. The molecule has 146 valence electrons. The van der Waals surface area contributed by atoms with E-state index in [0.717, 1.165) is 27.5 Å². The lowest BCUT2D eigenvalue weighted by atomic mass is 9.91. The maximum absolute atomic E-state index is 10.3. The van der Waals surface area contributed by atoms with Gasteiger partial charge in [0, 0.05) is 16.5 Å². The molecule has 0 saturated carbocycles. The first-order valence-electron chi connectivity index (χ1n) is 9.07.